The third-order valence-electron chi connectivity index (χ3n) is 3.39. The van der Waals surface area contributed by atoms with Crippen LogP contribution in [-0.4, -0.2) is 31.1 Å². The van der Waals surface area contributed by atoms with Crippen LogP contribution >= 0.6 is 23.2 Å². The molecule has 1 aromatic rings. The summed E-state index contributed by atoms with van der Waals surface area (Å²) in [5.41, 5.74) is 0.536. The molecule has 1 atom stereocenters. The maximum Gasteiger partial charge on any atom is 0.129 e. The molecule has 100 valence electrons. The molecule has 5 heteroatoms. The molecule has 0 unspecified atom stereocenters. The lowest BCUT2D eigenvalue weighted by Gasteiger charge is -2.35. The van der Waals surface area contributed by atoms with Crippen molar-refractivity contribution in [3.8, 4) is 0 Å². The van der Waals surface area contributed by atoms with Gasteiger partial charge in [0, 0.05) is 37.8 Å². The van der Waals surface area contributed by atoms with Crippen molar-refractivity contribution in [3.63, 3.8) is 0 Å². The molecule has 1 N–H and O–H groups in total. The molecule has 2 rings (SSSR count). The van der Waals surface area contributed by atoms with Gasteiger partial charge in [-0.2, -0.15) is 0 Å². The van der Waals surface area contributed by atoms with Crippen LogP contribution in [0.4, 0.5) is 4.39 Å². The summed E-state index contributed by atoms with van der Waals surface area (Å²) in [7, 11) is 0. The fraction of sp³-hybridized carbons (Fsp3) is 0.538. The van der Waals surface area contributed by atoms with E-state index in [2.05, 4.69) is 10.2 Å². The van der Waals surface area contributed by atoms with Gasteiger partial charge in [0.05, 0.1) is 10.0 Å². The van der Waals surface area contributed by atoms with Gasteiger partial charge in [-0.05, 0) is 18.6 Å². The maximum atomic E-state index is 14.0. The van der Waals surface area contributed by atoms with Crippen LogP contribution < -0.4 is 5.32 Å². The zero-order valence-corrected chi connectivity index (χ0v) is 11.9. The van der Waals surface area contributed by atoms with Gasteiger partial charge in [-0.15, -0.1) is 0 Å². The lowest BCUT2D eigenvalue weighted by atomic mass is 10.0. The summed E-state index contributed by atoms with van der Waals surface area (Å²) in [6.07, 6.45) is 0.816. The molecule has 18 heavy (non-hydrogen) atoms. The predicted molar refractivity (Wildman–Crippen MR) is 73.9 cm³/mol. The number of piperazine rings is 1. The Morgan fingerprint density at radius 2 is 2.00 bits per heavy atom. The summed E-state index contributed by atoms with van der Waals surface area (Å²) < 4.78 is 14.0. The SMILES string of the molecule is CC[C@@H](c1c(F)ccc(Cl)c1Cl)N1CCNCC1. The topological polar surface area (TPSA) is 15.3 Å². The Hall–Kier alpha value is -0.350. The first kappa shape index (κ1) is 14.1. The Kier molecular flexibility index (Phi) is 4.84. The minimum absolute atomic E-state index is 0.00157. The van der Waals surface area contributed by atoms with Crippen molar-refractivity contribution in [1.82, 2.24) is 10.2 Å². The summed E-state index contributed by atoms with van der Waals surface area (Å²) in [4.78, 5) is 2.26. The second kappa shape index (κ2) is 6.20. The van der Waals surface area contributed by atoms with Crippen molar-refractivity contribution in [1.29, 1.82) is 0 Å². The Balaban J connectivity index is 2.34. The van der Waals surface area contributed by atoms with Crippen molar-refractivity contribution in [2.24, 2.45) is 0 Å². The fourth-order valence-corrected chi connectivity index (χ4v) is 2.93. The molecule has 2 nitrogen and oxygen atoms in total. The summed E-state index contributed by atoms with van der Waals surface area (Å²) in [5, 5.41) is 4.06. The predicted octanol–water partition coefficient (Wildman–Crippen LogP) is 3.49. The molecule has 1 aromatic carbocycles. The van der Waals surface area contributed by atoms with E-state index in [1.807, 2.05) is 6.92 Å². The third kappa shape index (κ3) is 2.80. The number of hydrogen-bond acceptors (Lipinski definition) is 2. The van der Waals surface area contributed by atoms with Gasteiger partial charge in [0.25, 0.3) is 0 Å². The number of nitrogens with one attached hydrogen (secondary N) is 1. The van der Waals surface area contributed by atoms with E-state index < -0.39 is 0 Å². The van der Waals surface area contributed by atoms with Crippen LogP contribution in [0.25, 0.3) is 0 Å². The van der Waals surface area contributed by atoms with Gasteiger partial charge in [0.2, 0.25) is 0 Å². The lowest BCUT2D eigenvalue weighted by molar-refractivity contribution is 0.166. The number of nitrogens with zero attached hydrogens (tertiary/aromatic N) is 1. The highest BCUT2D eigenvalue weighted by molar-refractivity contribution is 6.42. The quantitative estimate of drug-likeness (QED) is 0.858. The third-order valence-corrected chi connectivity index (χ3v) is 4.21. The van der Waals surface area contributed by atoms with Crippen LogP contribution in [-0.2, 0) is 0 Å². The summed E-state index contributed by atoms with van der Waals surface area (Å²) >= 11 is 12.2. The van der Waals surface area contributed by atoms with E-state index >= 15 is 0 Å². The van der Waals surface area contributed by atoms with Gasteiger partial charge in [-0.3, -0.25) is 4.90 Å². The first-order valence-corrected chi connectivity index (χ1v) is 6.99. The molecule has 0 aromatic heterocycles. The molecule has 0 radical (unpaired) electrons. The van der Waals surface area contributed by atoms with Crippen LogP contribution in [0.2, 0.25) is 10.0 Å². The van der Waals surface area contributed by atoms with Gasteiger partial charge in [-0.25, -0.2) is 4.39 Å². The number of rotatable bonds is 3. The van der Waals surface area contributed by atoms with E-state index in [1.165, 1.54) is 12.1 Å². The second-order valence-corrected chi connectivity index (χ2v) is 5.25. The average Bonchev–Trinajstić information content (AvgIpc) is 2.40. The molecule has 1 aliphatic rings. The number of hydrogen-bond donors (Lipinski definition) is 1. The molecule has 0 saturated carbocycles. The molecule has 0 aliphatic carbocycles. The van der Waals surface area contributed by atoms with Crippen LogP contribution in [0, 0.1) is 5.82 Å². The smallest absolute Gasteiger partial charge is 0.129 e. The minimum atomic E-state index is -0.269. The summed E-state index contributed by atoms with van der Waals surface area (Å²) in [6.45, 7) is 5.71. The maximum absolute atomic E-state index is 14.0. The van der Waals surface area contributed by atoms with Gasteiger partial charge < -0.3 is 5.32 Å². The van der Waals surface area contributed by atoms with Gasteiger partial charge in [-0.1, -0.05) is 30.1 Å². The van der Waals surface area contributed by atoms with E-state index in [1.54, 1.807) is 0 Å². The molecule has 0 amide bonds. The first-order valence-electron chi connectivity index (χ1n) is 6.23. The molecular weight excluding hydrogens is 274 g/mol. The molecule has 1 saturated heterocycles. The molecule has 1 aliphatic heterocycles. The van der Waals surface area contributed by atoms with Crippen LogP contribution in [0.15, 0.2) is 12.1 Å². The Morgan fingerprint density at radius 1 is 1.33 bits per heavy atom. The minimum Gasteiger partial charge on any atom is -0.314 e. The van der Waals surface area contributed by atoms with Crippen molar-refractivity contribution in [2.75, 3.05) is 26.2 Å². The normalized spacial score (nSPS) is 18.9. The Labute approximate surface area is 117 Å². The average molecular weight is 291 g/mol. The molecular formula is C13H17Cl2FN2. The molecule has 1 heterocycles. The number of halogens is 3. The molecule has 0 bridgehead atoms. The van der Waals surface area contributed by atoms with Crippen molar-refractivity contribution >= 4 is 23.2 Å². The summed E-state index contributed by atoms with van der Waals surface area (Å²) in [5.74, 6) is -0.269. The largest absolute Gasteiger partial charge is 0.314 e. The highest BCUT2D eigenvalue weighted by Crippen LogP contribution is 2.36. The zero-order valence-electron chi connectivity index (χ0n) is 10.3. The first-order chi connectivity index (χ1) is 8.65. The van der Waals surface area contributed by atoms with E-state index in [9.17, 15) is 4.39 Å². The van der Waals surface area contributed by atoms with Gasteiger partial charge in [0.15, 0.2) is 0 Å². The monoisotopic (exact) mass is 290 g/mol. The molecule has 1 fully saturated rings. The van der Waals surface area contributed by atoms with E-state index in [-0.39, 0.29) is 11.9 Å². The van der Waals surface area contributed by atoms with Crippen molar-refractivity contribution in [3.05, 3.63) is 33.6 Å². The van der Waals surface area contributed by atoms with Crippen LogP contribution in [0.1, 0.15) is 24.9 Å². The van der Waals surface area contributed by atoms with Gasteiger partial charge >= 0.3 is 0 Å². The summed E-state index contributed by atoms with van der Waals surface area (Å²) in [6, 6.07) is 2.90. The van der Waals surface area contributed by atoms with Crippen molar-refractivity contribution < 1.29 is 4.39 Å². The molecule has 0 spiro atoms. The Bertz CT molecular complexity index is 420. The highest BCUT2D eigenvalue weighted by Gasteiger charge is 2.26. The lowest BCUT2D eigenvalue weighted by Crippen LogP contribution is -2.45. The second-order valence-electron chi connectivity index (χ2n) is 4.47. The standard InChI is InChI=1S/C13H17Cl2FN2/c1-2-11(18-7-5-17-6-8-18)12-10(16)4-3-9(14)13(12)15/h3-4,11,17H,2,5-8H2,1H3/t11-/m0/s1. The van der Waals surface area contributed by atoms with E-state index in [4.69, 9.17) is 23.2 Å². The van der Waals surface area contributed by atoms with Crippen molar-refractivity contribution in [2.45, 2.75) is 19.4 Å². The fourth-order valence-electron chi connectivity index (χ4n) is 2.49. The van der Waals surface area contributed by atoms with Crippen LogP contribution in [0.5, 0.6) is 0 Å². The highest BCUT2D eigenvalue weighted by atomic mass is 35.5. The van der Waals surface area contributed by atoms with E-state index in [0.29, 0.717) is 15.6 Å². The number of benzene rings is 1. The van der Waals surface area contributed by atoms with E-state index in [0.717, 1.165) is 32.6 Å². The van der Waals surface area contributed by atoms with Gasteiger partial charge in [0.1, 0.15) is 5.82 Å². The Morgan fingerprint density at radius 3 is 2.61 bits per heavy atom. The zero-order chi connectivity index (χ0) is 13.1. The van der Waals surface area contributed by atoms with Crippen LogP contribution in [0.3, 0.4) is 0 Å².